The predicted octanol–water partition coefficient (Wildman–Crippen LogP) is 4.49. The Morgan fingerprint density at radius 1 is 0.925 bits per heavy atom. The van der Waals surface area contributed by atoms with Crippen molar-refractivity contribution < 1.29 is 27.1 Å². The van der Waals surface area contributed by atoms with Crippen molar-refractivity contribution in [3.05, 3.63) is 72.0 Å². The van der Waals surface area contributed by atoms with E-state index < -0.39 is 10.0 Å². The molecule has 212 valence electrons. The van der Waals surface area contributed by atoms with Crippen LogP contribution in [0.15, 0.2) is 65.6 Å². The maximum Gasteiger partial charge on any atom is 0.243 e. The largest absolute Gasteiger partial charge is 0.454 e. The number of rotatable bonds is 10. The second kappa shape index (κ2) is 12.1. The second-order valence-corrected chi connectivity index (χ2v) is 11.5. The van der Waals surface area contributed by atoms with Crippen LogP contribution in [-0.4, -0.2) is 47.3 Å². The van der Waals surface area contributed by atoms with E-state index in [0.29, 0.717) is 61.2 Å². The smallest absolute Gasteiger partial charge is 0.243 e. The fourth-order valence-electron chi connectivity index (χ4n) is 4.83. The van der Waals surface area contributed by atoms with Crippen LogP contribution in [0, 0.1) is 5.82 Å². The number of fused-ring (bicyclic) bond motifs is 1. The minimum atomic E-state index is -3.99. The molecule has 1 amide bonds. The Hall–Kier alpha value is -3.83. The van der Waals surface area contributed by atoms with E-state index in [2.05, 4.69) is 10.0 Å². The maximum atomic E-state index is 14.3. The number of halogens is 1. The van der Waals surface area contributed by atoms with Gasteiger partial charge in [0.1, 0.15) is 10.7 Å². The van der Waals surface area contributed by atoms with Gasteiger partial charge >= 0.3 is 0 Å². The highest BCUT2D eigenvalue weighted by Gasteiger charge is 2.27. The molecule has 1 fully saturated rings. The molecule has 0 aliphatic carbocycles. The summed E-state index contributed by atoms with van der Waals surface area (Å²) >= 11 is 0. The van der Waals surface area contributed by atoms with E-state index in [4.69, 9.17) is 9.47 Å². The molecule has 0 radical (unpaired) electrons. The summed E-state index contributed by atoms with van der Waals surface area (Å²) in [7, 11) is -3.99. The first-order valence-corrected chi connectivity index (χ1v) is 14.9. The fourth-order valence-corrected chi connectivity index (χ4v) is 6.10. The lowest BCUT2D eigenvalue weighted by atomic mass is 10.2. The summed E-state index contributed by atoms with van der Waals surface area (Å²) < 4.78 is 55.1. The molecule has 40 heavy (non-hydrogen) atoms. The lowest BCUT2D eigenvalue weighted by Gasteiger charge is -2.38. The van der Waals surface area contributed by atoms with Crippen LogP contribution in [0.25, 0.3) is 0 Å². The Morgan fingerprint density at radius 3 is 2.40 bits per heavy atom. The van der Waals surface area contributed by atoms with Gasteiger partial charge in [-0.05, 0) is 54.4 Å². The van der Waals surface area contributed by atoms with Gasteiger partial charge in [0.05, 0.1) is 11.4 Å². The number of hydrogen-bond donors (Lipinski definition) is 2. The Bertz CT molecular complexity index is 1470. The molecule has 0 bridgehead atoms. The van der Waals surface area contributed by atoms with Crippen molar-refractivity contribution in [2.24, 2.45) is 0 Å². The first-order valence-electron chi connectivity index (χ1n) is 13.4. The predicted molar refractivity (Wildman–Crippen MR) is 152 cm³/mol. The Balaban J connectivity index is 1.37. The van der Waals surface area contributed by atoms with Crippen LogP contribution in [0.1, 0.15) is 31.7 Å². The summed E-state index contributed by atoms with van der Waals surface area (Å²) in [4.78, 5) is 16.4. The molecule has 0 atom stereocenters. The van der Waals surface area contributed by atoms with Gasteiger partial charge in [0.15, 0.2) is 11.5 Å². The van der Waals surface area contributed by atoms with Gasteiger partial charge in [-0.1, -0.05) is 31.5 Å². The van der Waals surface area contributed by atoms with E-state index in [1.54, 1.807) is 48.5 Å². The number of piperazine rings is 1. The Labute approximate surface area is 233 Å². The van der Waals surface area contributed by atoms with Crippen LogP contribution in [0.4, 0.5) is 21.5 Å². The molecule has 5 rings (SSSR count). The van der Waals surface area contributed by atoms with Crippen LogP contribution < -0.4 is 29.3 Å². The quantitative estimate of drug-likeness (QED) is 0.372. The third-order valence-electron chi connectivity index (χ3n) is 7.01. The van der Waals surface area contributed by atoms with E-state index in [9.17, 15) is 17.6 Å². The number of nitrogens with one attached hydrogen (secondary N) is 2. The van der Waals surface area contributed by atoms with Crippen LogP contribution in [0.3, 0.4) is 0 Å². The number of para-hydroxylation sites is 1. The number of hydrogen-bond acceptors (Lipinski definition) is 7. The Kier molecular flexibility index (Phi) is 8.41. The topological polar surface area (TPSA) is 100 Å². The van der Waals surface area contributed by atoms with Crippen molar-refractivity contribution in [2.45, 2.75) is 37.6 Å². The van der Waals surface area contributed by atoms with Gasteiger partial charge in [0, 0.05) is 44.8 Å². The summed E-state index contributed by atoms with van der Waals surface area (Å²) in [5.41, 5.74) is 2.19. The first-order chi connectivity index (χ1) is 19.3. The minimum absolute atomic E-state index is 0.0482. The molecular weight excluding hydrogens is 535 g/mol. The number of nitrogens with zero attached hydrogens (tertiary/aromatic N) is 2. The van der Waals surface area contributed by atoms with E-state index in [-0.39, 0.29) is 30.0 Å². The molecular formula is C29H33FN4O5S. The second-order valence-electron chi connectivity index (χ2n) is 9.77. The van der Waals surface area contributed by atoms with E-state index >= 15 is 0 Å². The monoisotopic (exact) mass is 568 g/mol. The van der Waals surface area contributed by atoms with Crippen LogP contribution in [0.2, 0.25) is 0 Å². The number of sulfonamides is 1. The highest BCUT2D eigenvalue weighted by Crippen LogP contribution is 2.34. The summed E-state index contributed by atoms with van der Waals surface area (Å²) in [6.07, 6.45) is 1.99. The highest BCUT2D eigenvalue weighted by molar-refractivity contribution is 7.89. The van der Waals surface area contributed by atoms with Gasteiger partial charge in [-0.3, -0.25) is 4.79 Å². The maximum absolute atomic E-state index is 14.3. The van der Waals surface area contributed by atoms with Gasteiger partial charge in [-0.2, -0.15) is 0 Å². The van der Waals surface area contributed by atoms with Crippen molar-refractivity contribution >= 4 is 33.0 Å². The molecule has 1 saturated heterocycles. The zero-order valence-electron chi connectivity index (χ0n) is 22.4. The number of benzene rings is 3. The summed E-state index contributed by atoms with van der Waals surface area (Å²) in [6, 6.07) is 16.9. The molecule has 2 aliphatic rings. The van der Waals surface area contributed by atoms with E-state index in [0.717, 1.165) is 18.4 Å². The molecule has 0 aromatic heterocycles. The van der Waals surface area contributed by atoms with Gasteiger partial charge in [0.2, 0.25) is 22.7 Å². The minimum Gasteiger partial charge on any atom is -0.454 e. The van der Waals surface area contributed by atoms with Gasteiger partial charge < -0.3 is 24.6 Å². The number of amides is 1. The molecule has 3 aromatic carbocycles. The summed E-state index contributed by atoms with van der Waals surface area (Å²) in [5, 5.41) is 2.83. The molecule has 3 aromatic rings. The van der Waals surface area contributed by atoms with Crippen LogP contribution >= 0.6 is 0 Å². The Morgan fingerprint density at radius 2 is 1.65 bits per heavy atom. The standard InChI is InChI=1S/C29H33FN4O5S/c1-2-3-8-29(35)32-22-10-11-25(34-15-13-33(14-16-34)24-7-5-4-6-23(24)30)28(18-22)40(36,37)31-19-21-9-12-26-27(17-21)39-20-38-26/h4-7,9-12,17-18,31H,2-3,8,13-16,19-20H2,1H3,(H,32,35). The third-order valence-corrected chi connectivity index (χ3v) is 8.44. The average Bonchev–Trinajstić information content (AvgIpc) is 3.44. The molecule has 0 saturated carbocycles. The van der Waals surface area contributed by atoms with E-state index in [1.165, 1.54) is 12.1 Å². The number of ether oxygens (including phenoxy) is 2. The van der Waals surface area contributed by atoms with E-state index in [1.807, 2.05) is 16.7 Å². The molecule has 0 unspecified atom stereocenters. The summed E-state index contributed by atoms with van der Waals surface area (Å²) in [5.74, 6) is 0.747. The van der Waals surface area contributed by atoms with Crippen molar-refractivity contribution in [2.75, 3.05) is 48.1 Å². The molecule has 9 nitrogen and oxygen atoms in total. The fraction of sp³-hybridized carbons (Fsp3) is 0.345. The normalized spacial score (nSPS) is 14.8. The van der Waals surface area contributed by atoms with Crippen LogP contribution in [-0.2, 0) is 21.4 Å². The number of carbonyl (C=O) groups excluding carboxylic acids is 1. The van der Waals surface area contributed by atoms with Gasteiger partial charge in [-0.25, -0.2) is 17.5 Å². The van der Waals surface area contributed by atoms with Crippen molar-refractivity contribution in [3.8, 4) is 11.5 Å². The van der Waals surface area contributed by atoms with Crippen LogP contribution in [0.5, 0.6) is 11.5 Å². The average molecular weight is 569 g/mol. The summed E-state index contributed by atoms with van der Waals surface area (Å²) in [6.45, 7) is 4.25. The zero-order valence-corrected chi connectivity index (χ0v) is 23.2. The lowest BCUT2D eigenvalue weighted by molar-refractivity contribution is -0.116. The molecule has 2 heterocycles. The van der Waals surface area contributed by atoms with Crippen molar-refractivity contribution in [1.82, 2.24) is 4.72 Å². The molecule has 0 spiro atoms. The van der Waals surface area contributed by atoms with Crippen molar-refractivity contribution in [1.29, 1.82) is 0 Å². The number of anilines is 3. The van der Waals surface area contributed by atoms with Gasteiger partial charge in [-0.15, -0.1) is 0 Å². The first kappa shape index (κ1) is 27.7. The SMILES string of the molecule is CCCCC(=O)Nc1ccc(N2CCN(c3ccccc3F)CC2)c(S(=O)(=O)NCc2ccc3c(c2)OCO3)c1. The molecule has 11 heteroatoms. The number of unbranched alkanes of at least 4 members (excludes halogenated alkanes) is 1. The zero-order chi connectivity index (χ0) is 28.1. The van der Waals surface area contributed by atoms with Gasteiger partial charge in [0.25, 0.3) is 0 Å². The lowest BCUT2D eigenvalue weighted by Crippen LogP contribution is -2.47. The highest BCUT2D eigenvalue weighted by atomic mass is 32.2. The van der Waals surface area contributed by atoms with Crippen molar-refractivity contribution in [3.63, 3.8) is 0 Å². The molecule has 2 aliphatic heterocycles. The third kappa shape index (κ3) is 6.31. The molecule has 2 N–H and O–H groups in total. The number of carbonyl (C=O) groups is 1.